The number of hydrogen-bond donors (Lipinski definition) is 1. The molecule has 24 heavy (non-hydrogen) atoms. The zero-order valence-electron chi connectivity index (χ0n) is 12.2. The van der Waals surface area contributed by atoms with Crippen molar-refractivity contribution < 1.29 is 31.1 Å². The molecule has 0 aliphatic carbocycles. The second-order valence-corrected chi connectivity index (χ2v) is 5.02. The summed E-state index contributed by atoms with van der Waals surface area (Å²) >= 11 is 0. The molecule has 128 valence electrons. The third-order valence-electron chi connectivity index (χ3n) is 3.28. The Kier molecular flexibility index (Phi) is 4.59. The molecule has 0 saturated heterocycles. The van der Waals surface area contributed by atoms with Gasteiger partial charge in [0.1, 0.15) is 0 Å². The molecule has 0 aromatic heterocycles. The van der Waals surface area contributed by atoms with Crippen molar-refractivity contribution in [3.8, 4) is 0 Å². The Hall–Kier alpha value is -2.51. The number of benzene rings is 2. The predicted molar refractivity (Wildman–Crippen MR) is 75.6 cm³/mol. The summed E-state index contributed by atoms with van der Waals surface area (Å²) in [6.45, 7) is 1.24. The molecule has 2 nitrogen and oxygen atoms in total. The standard InChI is InChI=1S/C16H11F6NO/c1-9-6-7-10(8-13(9)16(20,21)22)23-14(24)11-4-2-3-5-12(11)15(17,18)19/h2-8H,1H3,(H,23,24). The molecule has 0 bridgehead atoms. The second-order valence-electron chi connectivity index (χ2n) is 5.02. The van der Waals surface area contributed by atoms with Gasteiger partial charge in [-0.05, 0) is 36.8 Å². The van der Waals surface area contributed by atoms with Gasteiger partial charge in [0, 0.05) is 5.69 Å². The maximum atomic E-state index is 12.9. The molecule has 0 spiro atoms. The van der Waals surface area contributed by atoms with E-state index in [9.17, 15) is 31.1 Å². The van der Waals surface area contributed by atoms with E-state index in [4.69, 9.17) is 0 Å². The summed E-state index contributed by atoms with van der Waals surface area (Å²) in [7, 11) is 0. The van der Waals surface area contributed by atoms with Crippen LogP contribution in [0.2, 0.25) is 0 Å². The molecule has 0 unspecified atom stereocenters. The largest absolute Gasteiger partial charge is 0.417 e. The Labute approximate surface area is 133 Å². The number of alkyl halides is 6. The van der Waals surface area contributed by atoms with Crippen molar-refractivity contribution in [3.05, 3.63) is 64.7 Å². The fraction of sp³-hybridized carbons (Fsp3) is 0.188. The lowest BCUT2D eigenvalue weighted by Crippen LogP contribution is -2.19. The molecule has 0 radical (unpaired) electrons. The Morgan fingerprint density at radius 1 is 0.875 bits per heavy atom. The van der Waals surface area contributed by atoms with Gasteiger partial charge >= 0.3 is 12.4 Å². The average Bonchev–Trinajstić information content (AvgIpc) is 2.47. The first-order chi connectivity index (χ1) is 11.0. The quantitative estimate of drug-likeness (QED) is 0.736. The fourth-order valence-electron chi connectivity index (χ4n) is 2.13. The van der Waals surface area contributed by atoms with Crippen LogP contribution in [-0.4, -0.2) is 5.91 Å². The molecule has 0 fully saturated rings. The average molecular weight is 347 g/mol. The third kappa shape index (κ3) is 3.87. The lowest BCUT2D eigenvalue weighted by Gasteiger charge is -2.15. The van der Waals surface area contributed by atoms with Crippen molar-refractivity contribution in [3.63, 3.8) is 0 Å². The normalized spacial score (nSPS) is 12.1. The van der Waals surface area contributed by atoms with E-state index >= 15 is 0 Å². The number of amides is 1. The Morgan fingerprint density at radius 2 is 1.46 bits per heavy atom. The van der Waals surface area contributed by atoms with Gasteiger partial charge in [0.15, 0.2) is 0 Å². The summed E-state index contributed by atoms with van der Waals surface area (Å²) in [6, 6.07) is 7.05. The molecule has 0 heterocycles. The van der Waals surface area contributed by atoms with Crippen molar-refractivity contribution in [2.24, 2.45) is 0 Å². The van der Waals surface area contributed by atoms with Gasteiger partial charge in [-0.1, -0.05) is 18.2 Å². The number of nitrogens with one attached hydrogen (secondary N) is 1. The van der Waals surface area contributed by atoms with E-state index in [1.165, 1.54) is 19.1 Å². The van der Waals surface area contributed by atoms with Gasteiger partial charge in [-0.3, -0.25) is 4.79 Å². The Bertz CT molecular complexity index is 764. The van der Waals surface area contributed by atoms with Crippen LogP contribution in [0, 0.1) is 6.92 Å². The fourth-order valence-corrected chi connectivity index (χ4v) is 2.13. The molecule has 2 aromatic carbocycles. The number of halogens is 6. The zero-order chi connectivity index (χ0) is 18.1. The monoisotopic (exact) mass is 347 g/mol. The van der Waals surface area contributed by atoms with E-state index in [1.54, 1.807) is 0 Å². The number of hydrogen-bond acceptors (Lipinski definition) is 1. The number of aryl methyl sites for hydroxylation is 1. The maximum Gasteiger partial charge on any atom is 0.417 e. The molecule has 1 N–H and O–H groups in total. The van der Waals surface area contributed by atoms with E-state index in [0.29, 0.717) is 6.07 Å². The molecular formula is C16H11F6NO. The van der Waals surface area contributed by atoms with Crippen LogP contribution in [-0.2, 0) is 12.4 Å². The smallest absolute Gasteiger partial charge is 0.322 e. The highest BCUT2D eigenvalue weighted by Crippen LogP contribution is 2.34. The van der Waals surface area contributed by atoms with Gasteiger partial charge in [0.05, 0.1) is 16.7 Å². The van der Waals surface area contributed by atoms with Gasteiger partial charge in [-0.25, -0.2) is 0 Å². The summed E-state index contributed by atoms with van der Waals surface area (Å²) in [5.74, 6) is -1.14. The van der Waals surface area contributed by atoms with E-state index in [1.807, 2.05) is 0 Å². The molecular weight excluding hydrogens is 336 g/mol. The Balaban J connectivity index is 2.35. The molecule has 0 atom stereocenters. The second kappa shape index (κ2) is 6.18. The van der Waals surface area contributed by atoms with Crippen LogP contribution < -0.4 is 5.32 Å². The van der Waals surface area contributed by atoms with E-state index in [0.717, 1.165) is 24.3 Å². The number of rotatable bonds is 2. The number of carbonyl (C=O) groups is 1. The van der Waals surface area contributed by atoms with Crippen LogP contribution in [0.3, 0.4) is 0 Å². The van der Waals surface area contributed by atoms with E-state index in [2.05, 4.69) is 5.32 Å². The SMILES string of the molecule is Cc1ccc(NC(=O)c2ccccc2C(F)(F)F)cc1C(F)(F)F. The third-order valence-corrected chi connectivity index (χ3v) is 3.28. The van der Waals surface area contributed by atoms with Gasteiger partial charge in [0.2, 0.25) is 0 Å². The van der Waals surface area contributed by atoms with Crippen molar-refractivity contribution in [1.82, 2.24) is 0 Å². The lowest BCUT2D eigenvalue weighted by atomic mass is 10.1. The van der Waals surface area contributed by atoms with Gasteiger partial charge < -0.3 is 5.32 Å². The highest BCUT2D eigenvalue weighted by Gasteiger charge is 2.35. The van der Waals surface area contributed by atoms with Crippen molar-refractivity contribution in [1.29, 1.82) is 0 Å². The molecule has 2 aromatic rings. The first kappa shape index (κ1) is 17.8. The van der Waals surface area contributed by atoms with Crippen LogP contribution >= 0.6 is 0 Å². The van der Waals surface area contributed by atoms with E-state index in [-0.39, 0.29) is 11.3 Å². The highest BCUT2D eigenvalue weighted by atomic mass is 19.4. The zero-order valence-corrected chi connectivity index (χ0v) is 12.2. The van der Waals surface area contributed by atoms with Crippen molar-refractivity contribution in [2.45, 2.75) is 19.3 Å². The van der Waals surface area contributed by atoms with Gasteiger partial charge in [-0.2, -0.15) is 26.3 Å². The van der Waals surface area contributed by atoms with E-state index < -0.39 is 35.0 Å². The predicted octanol–water partition coefficient (Wildman–Crippen LogP) is 5.28. The summed E-state index contributed by atoms with van der Waals surface area (Å²) in [5.41, 5.74) is -3.10. The van der Waals surface area contributed by atoms with Crippen LogP contribution in [0.4, 0.5) is 32.0 Å². The topological polar surface area (TPSA) is 29.1 Å². The van der Waals surface area contributed by atoms with Gasteiger partial charge in [0.25, 0.3) is 5.91 Å². The number of anilines is 1. The summed E-state index contributed by atoms with van der Waals surface area (Å²) in [6.07, 6.45) is -9.38. The van der Waals surface area contributed by atoms with Crippen molar-refractivity contribution >= 4 is 11.6 Å². The summed E-state index contributed by atoms with van der Waals surface area (Å²) in [4.78, 5) is 12.0. The van der Waals surface area contributed by atoms with Crippen LogP contribution in [0.5, 0.6) is 0 Å². The van der Waals surface area contributed by atoms with Crippen LogP contribution in [0.1, 0.15) is 27.0 Å². The first-order valence-corrected chi connectivity index (χ1v) is 6.65. The number of carbonyl (C=O) groups excluding carboxylic acids is 1. The minimum atomic E-state index is -4.75. The molecule has 1 amide bonds. The van der Waals surface area contributed by atoms with Crippen molar-refractivity contribution in [2.75, 3.05) is 5.32 Å². The highest BCUT2D eigenvalue weighted by molar-refractivity contribution is 6.05. The molecule has 2 rings (SSSR count). The molecule has 0 aliphatic rings. The molecule has 0 saturated carbocycles. The lowest BCUT2D eigenvalue weighted by molar-refractivity contribution is -0.138. The summed E-state index contributed by atoms with van der Waals surface area (Å²) < 4.78 is 77.2. The molecule has 8 heteroatoms. The minimum Gasteiger partial charge on any atom is -0.322 e. The first-order valence-electron chi connectivity index (χ1n) is 6.65. The van der Waals surface area contributed by atoms with Gasteiger partial charge in [-0.15, -0.1) is 0 Å². The van der Waals surface area contributed by atoms with Crippen LogP contribution in [0.15, 0.2) is 42.5 Å². The maximum absolute atomic E-state index is 12.9. The molecule has 0 aliphatic heterocycles. The van der Waals surface area contributed by atoms with Crippen LogP contribution in [0.25, 0.3) is 0 Å². The Morgan fingerprint density at radius 3 is 2.04 bits per heavy atom. The minimum absolute atomic E-state index is 0.0591. The summed E-state index contributed by atoms with van der Waals surface area (Å²) in [5, 5.41) is 2.07.